The number of halogens is 2. The Morgan fingerprint density at radius 3 is 2.54 bits per heavy atom. The van der Waals surface area contributed by atoms with E-state index in [9.17, 15) is 23.6 Å². The van der Waals surface area contributed by atoms with Crippen molar-refractivity contribution in [2.24, 2.45) is 11.3 Å². The van der Waals surface area contributed by atoms with Crippen LogP contribution in [-0.2, 0) is 27.3 Å². The molecule has 3 aromatic heterocycles. The van der Waals surface area contributed by atoms with Gasteiger partial charge in [-0.25, -0.2) is 19.3 Å². The lowest BCUT2D eigenvalue weighted by atomic mass is 9.95. The van der Waals surface area contributed by atoms with Crippen molar-refractivity contribution in [3.63, 3.8) is 0 Å². The number of rotatable bonds is 4. The number of ketones is 1. The van der Waals surface area contributed by atoms with Gasteiger partial charge in [-0.2, -0.15) is 5.10 Å². The van der Waals surface area contributed by atoms with E-state index >= 15 is 0 Å². The fourth-order valence-electron chi connectivity index (χ4n) is 7.93. The fourth-order valence-corrected chi connectivity index (χ4v) is 8.24. The van der Waals surface area contributed by atoms with E-state index in [0.29, 0.717) is 40.7 Å². The van der Waals surface area contributed by atoms with Crippen LogP contribution < -0.4 is 10.6 Å². The molecule has 1 saturated heterocycles. The predicted molar refractivity (Wildman–Crippen MR) is 186 cm³/mol. The third kappa shape index (κ3) is 6.18. The molecule has 1 saturated carbocycles. The van der Waals surface area contributed by atoms with Crippen molar-refractivity contribution < 1.29 is 23.6 Å². The van der Waals surface area contributed by atoms with E-state index in [1.54, 1.807) is 22.0 Å². The summed E-state index contributed by atoms with van der Waals surface area (Å²) in [6, 6.07) is 5.30. The second kappa shape index (κ2) is 13.3. The Balaban J connectivity index is 1.30. The number of carbonyl (C=O) groups is 4. The smallest absolute Gasteiger partial charge is 0.248 e. The number of benzene rings is 1. The first-order chi connectivity index (χ1) is 24.0. The van der Waals surface area contributed by atoms with Crippen molar-refractivity contribution in [2.75, 3.05) is 11.9 Å². The van der Waals surface area contributed by atoms with Gasteiger partial charge in [0.15, 0.2) is 17.4 Å². The molecule has 4 atom stereocenters. The first kappa shape index (κ1) is 33.9. The number of nitrogens with one attached hydrogen (secondary N) is 2. The largest absolute Gasteiger partial charge is 0.355 e. The zero-order valence-corrected chi connectivity index (χ0v) is 29.7. The summed E-state index contributed by atoms with van der Waals surface area (Å²) in [5.41, 5.74) is 2.98. The lowest BCUT2D eigenvalue weighted by Crippen LogP contribution is -2.47. The molecule has 0 radical (unpaired) electrons. The number of pyridine rings is 1. The molecular formula is C36H38BrFN8O4. The van der Waals surface area contributed by atoms with E-state index < -0.39 is 23.2 Å². The number of hydrogen-bond donors (Lipinski definition) is 2. The standard InChI is InChI=1S/C36H38BrFN8O4/c1-19-33-36(19)14-27(35(50)43-34-26(38)10-11-28(37)42-34)46(33)30(49)17-45-32-22(8-6-4-5-7-9-29(48)41-18-36)12-23(24-15-39-21(3)40-16-24)13-25(32)31(44-45)20(2)47/h10-13,15-16,19,27,33H,4-9,14,17-18H2,1-3H3,(H,41,48)(H,42,43,50)/t19?,27-,33?,36+/m0/s1. The number of Topliss-reactive ketones (excluding diaryl/α,β-unsaturated/α-hetero) is 1. The van der Waals surface area contributed by atoms with Crippen LogP contribution in [-0.4, -0.2) is 71.8 Å². The van der Waals surface area contributed by atoms with Crippen molar-refractivity contribution in [1.29, 1.82) is 0 Å². The van der Waals surface area contributed by atoms with E-state index in [1.807, 2.05) is 26.0 Å². The molecule has 50 heavy (non-hydrogen) atoms. The maximum atomic E-state index is 14.7. The Bertz CT molecular complexity index is 2030. The molecule has 2 fully saturated rings. The highest BCUT2D eigenvalue weighted by Crippen LogP contribution is 2.64. The zero-order valence-electron chi connectivity index (χ0n) is 28.1. The summed E-state index contributed by atoms with van der Waals surface area (Å²) in [7, 11) is 0. The summed E-state index contributed by atoms with van der Waals surface area (Å²) >= 11 is 3.22. The number of aromatic nitrogens is 5. The van der Waals surface area contributed by atoms with Gasteiger partial charge in [0.25, 0.3) is 0 Å². The molecule has 5 heterocycles. The molecule has 3 amide bonds. The summed E-state index contributed by atoms with van der Waals surface area (Å²) < 4.78 is 16.6. The van der Waals surface area contributed by atoms with Crippen LogP contribution in [0.5, 0.6) is 0 Å². The maximum absolute atomic E-state index is 14.7. The summed E-state index contributed by atoms with van der Waals surface area (Å²) in [6.07, 6.45) is 8.17. The van der Waals surface area contributed by atoms with Crippen LogP contribution >= 0.6 is 15.9 Å². The molecule has 0 spiro atoms. The number of piperidine rings is 1. The fraction of sp³-hybridized carbons (Fsp3) is 0.444. The van der Waals surface area contributed by atoms with E-state index in [4.69, 9.17) is 5.10 Å². The number of carbonyl (C=O) groups excluding carboxylic acids is 4. The zero-order chi connectivity index (χ0) is 35.3. The molecular weight excluding hydrogens is 707 g/mol. The van der Waals surface area contributed by atoms with Gasteiger partial charge < -0.3 is 15.5 Å². The van der Waals surface area contributed by atoms with Gasteiger partial charge in [0, 0.05) is 54.7 Å². The molecule has 3 aliphatic rings. The second-order valence-electron chi connectivity index (χ2n) is 13.7. The Morgan fingerprint density at radius 2 is 1.80 bits per heavy atom. The van der Waals surface area contributed by atoms with Crippen LogP contribution in [0.3, 0.4) is 0 Å². The summed E-state index contributed by atoms with van der Waals surface area (Å²) in [5.74, 6) is -1.52. The second-order valence-corrected chi connectivity index (χ2v) is 14.6. The van der Waals surface area contributed by atoms with Crippen LogP contribution in [0.1, 0.15) is 74.2 Å². The van der Waals surface area contributed by atoms with Crippen LogP contribution in [0.2, 0.25) is 0 Å². The number of aryl methyl sites for hydroxylation is 2. The first-order valence-corrected chi connectivity index (χ1v) is 17.8. The highest BCUT2D eigenvalue weighted by Gasteiger charge is 2.72. The molecule has 12 nitrogen and oxygen atoms in total. The molecule has 14 heteroatoms. The lowest BCUT2D eigenvalue weighted by molar-refractivity contribution is -0.139. The number of amides is 3. The first-order valence-electron chi connectivity index (χ1n) is 17.0. The lowest BCUT2D eigenvalue weighted by Gasteiger charge is -2.28. The van der Waals surface area contributed by atoms with Crippen LogP contribution in [0, 0.1) is 24.1 Å². The Hall–Kier alpha value is -4.59. The average Bonchev–Trinajstić information content (AvgIpc) is 3.35. The number of hydrogen-bond acceptors (Lipinski definition) is 8. The summed E-state index contributed by atoms with van der Waals surface area (Å²) in [5, 5.41) is 11.0. The molecule has 2 N–H and O–H groups in total. The Kier molecular flexibility index (Phi) is 8.99. The monoisotopic (exact) mass is 744 g/mol. The highest BCUT2D eigenvalue weighted by atomic mass is 79.9. The third-order valence-electron chi connectivity index (χ3n) is 10.6. The van der Waals surface area contributed by atoms with Gasteiger partial charge in [-0.1, -0.05) is 19.8 Å². The van der Waals surface area contributed by atoms with Crippen LogP contribution in [0.25, 0.3) is 22.0 Å². The molecule has 2 aliphatic heterocycles. The molecule has 7 rings (SSSR count). The van der Waals surface area contributed by atoms with Gasteiger partial charge in [-0.15, -0.1) is 0 Å². The van der Waals surface area contributed by atoms with Gasteiger partial charge in [0.1, 0.15) is 28.7 Å². The van der Waals surface area contributed by atoms with Crippen LogP contribution in [0.4, 0.5) is 10.2 Å². The molecule has 260 valence electrons. The minimum Gasteiger partial charge on any atom is -0.355 e. The summed E-state index contributed by atoms with van der Waals surface area (Å²) in [4.78, 5) is 68.7. The van der Waals surface area contributed by atoms with E-state index in [1.165, 1.54) is 19.1 Å². The van der Waals surface area contributed by atoms with Gasteiger partial charge in [0.05, 0.1) is 5.52 Å². The maximum Gasteiger partial charge on any atom is 0.248 e. The molecule has 2 bridgehead atoms. The number of nitrogens with zero attached hydrogens (tertiary/aromatic N) is 6. The predicted octanol–water partition coefficient (Wildman–Crippen LogP) is 5.17. The average molecular weight is 746 g/mol. The van der Waals surface area contributed by atoms with Crippen molar-refractivity contribution in [1.82, 2.24) is 34.9 Å². The third-order valence-corrected chi connectivity index (χ3v) is 11.0. The van der Waals surface area contributed by atoms with Gasteiger partial charge in [0.2, 0.25) is 17.7 Å². The molecule has 2 unspecified atom stereocenters. The van der Waals surface area contributed by atoms with Crippen molar-refractivity contribution >= 4 is 56.2 Å². The summed E-state index contributed by atoms with van der Waals surface area (Å²) in [6.45, 7) is 5.39. The topological polar surface area (TPSA) is 152 Å². The minimum atomic E-state index is -0.943. The quantitative estimate of drug-likeness (QED) is 0.215. The van der Waals surface area contributed by atoms with Gasteiger partial charge in [-0.3, -0.25) is 23.9 Å². The van der Waals surface area contributed by atoms with Crippen molar-refractivity contribution in [3.8, 4) is 11.1 Å². The van der Waals surface area contributed by atoms with Crippen molar-refractivity contribution in [3.05, 3.63) is 64.2 Å². The Morgan fingerprint density at radius 1 is 1.06 bits per heavy atom. The van der Waals surface area contributed by atoms with Gasteiger partial charge >= 0.3 is 0 Å². The molecule has 1 aliphatic carbocycles. The van der Waals surface area contributed by atoms with Crippen LogP contribution in [0.15, 0.2) is 41.3 Å². The highest BCUT2D eigenvalue weighted by molar-refractivity contribution is 9.10. The van der Waals surface area contributed by atoms with E-state index in [0.717, 1.165) is 42.4 Å². The minimum absolute atomic E-state index is 0.00686. The SMILES string of the molecule is CC(=O)c1nn2c3c(cc(-c4cnc(C)nc4)cc13)CCCCCCC(=O)NC[C@@]13C[C@@H](C(=O)Nc4nc(Br)ccc4F)N(C(=O)C2)C1C3C. The molecule has 4 aromatic rings. The van der Waals surface area contributed by atoms with E-state index in [-0.39, 0.29) is 54.0 Å². The molecule has 1 aromatic carbocycles. The van der Waals surface area contributed by atoms with Gasteiger partial charge in [-0.05, 0) is 89.8 Å². The normalized spacial score (nSPS) is 24.0. The van der Waals surface area contributed by atoms with Crippen molar-refractivity contribution in [2.45, 2.75) is 84.3 Å². The number of anilines is 1. The van der Waals surface area contributed by atoms with E-state index in [2.05, 4.69) is 41.5 Å². The Labute approximate surface area is 296 Å².